The Bertz CT molecular complexity index is 6780. The molecule has 0 saturated heterocycles. The molecule has 11 nitrogen and oxygen atoms in total. The topological polar surface area (TPSA) is 78.1 Å². The van der Waals surface area contributed by atoms with Gasteiger partial charge in [0.2, 0.25) is 6.71 Å². The maximum atomic E-state index is 11.0. The molecular formula is C104H74B3N9O2. The van der Waals surface area contributed by atoms with E-state index >= 15 is 0 Å². The van der Waals surface area contributed by atoms with Gasteiger partial charge in [0.25, 0.3) is 13.4 Å². The van der Waals surface area contributed by atoms with Gasteiger partial charge in [0.15, 0.2) is 5.69 Å². The van der Waals surface area contributed by atoms with Gasteiger partial charge in [-0.05, 0) is 247 Å². The predicted molar refractivity (Wildman–Crippen MR) is 491 cm³/mol. The molecule has 0 aromatic heterocycles. The summed E-state index contributed by atoms with van der Waals surface area (Å²) in [5.74, 6) is 2.85. The molecule has 6 heterocycles. The number of nitrogens with zero attached hydrogens (tertiary/aromatic N) is 8. The summed E-state index contributed by atoms with van der Waals surface area (Å²) in [5.41, 5.74) is 37.0. The van der Waals surface area contributed by atoms with Gasteiger partial charge in [-0.3, -0.25) is 0 Å². The number of benzene rings is 16. The van der Waals surface area contributed by atoms with Gasteiger partial charge in [0.1, 0.15) is 23.0 Å². The number of nitriles is 1. The number of hydrogen-bond donors (Lipinski definition) is 1. The average molecular weight is 1510 g/mol. The number of fused-ring (bicyclic) bond motifs is 12. The Morgan fingerprint density at radius 3 is 1.15 bits per heavy atom. The van der Waals surface area contributed by atoms with Crippen LogP contribution >= 0.6 is 0 Å². The van der Waals surface area contributed by atoms with E-state index in [9.17, 15) is 5.26 Å². The van der Waals surface area contributed by atoms with Crippen LogP contribution < -0.4 is 93.4 Å². The Balaban J connectivity index is 0.852. The summed E-state index contributed by atoms with van der Waals surface area (Å²) in [7, 11) is 0. The fourth-order valence-electron chi connectivity index (χ4n) is 20.0. The first-order valence-electron chi connectivity index (χ1n) is 40.3. The van der Waals surface area contributed by atoms with Gasteiger partial charge in [0.05, 0.1) is 46.6 Å². The first-order chi connectivity index (χ1) is 57.9. The highest BCUT2D eigenvalue weighted by Gasteiger charge is 2.51. The van der Waals surface area contributed by atoms with Crippen LogP contribution in [0.3, 0.4) is 0 Å². The van der Waals surface area contributed by atoms with Crippen LogP contribution in [0.4, 0.5) is 119 Å². The molecule has 22 rings (SSSR count). The van der Waals surface area contributed by atoms with E-state index in [1.54, 1.807) is 0 Å². The highest BCUT2D eigenvalue weighted by atomic mass is 16.5. The summed E-state index contributed by atoms with van der Waals surface area (Å²) in [5, 5.41) is 15.3. The molecule has 0 amide bonds. The van der Waals surface area contributed by atoms with Gasteiger partial charge in [0, 0.05) is 104 Å². The molecule has 0 atom stereocenters. The van der Waals surface area contributed by atoms with Crippen LogP contribution in [0, 0.1) is 59.4 Å². The molecule has 0 radical (unpaired) electrons. The lowest BCUT2D eigenvalue weighted by Crippen LogP contribution is -2.65. The van der Waals surface area contributed by atoms with E-state index in [4.69, 9.17) is 16.0 Å². The Morgan fingerprint density at radius 2 is 0.703 bits per heavy atom. The van der Waals surface area contributed by atoms with E-state index in [2.05, 4.69) is 397 Å². The third kappa shape index (κ3) is 11.0. The van der Waals surface area contributed by atoms with E-state index < -0.39 is 13.4 Å². The molecule has 16 aromatic carbocycles. The standard InChI is InChI=1S/C104H74B3N9O2/c1-64-47-66(3)103(67(4)48-64)115-91-61-88-82(105-83-52-71(109-7)44-45-90(83)114(78-41-27-14-28-42-78)93-54-79(53-89(110-88)100(93)105)111(72-29-15-8-16-30-72)73-31-17-9-18-32-73)59-84(91)107-87-60-85-92(62-97(87)118-99-58-81(55-94(115)102(99)107)113(76-37-23-12-24-38-76)77-39-25-13-26-40-77)116(104-68(5)49-65(2)50-69(104)6)95-56-80(112(74-33-19-10-20-34-74)75-35-21-11-22-36-75)57-98-101(95)106(85)86-51-70(63-108)43-46-96(86)117-98/h8-62,110H,1-6H3. The van der Waals surface area contributed by atoms with E-state index in [1.165, 1.54) is 11.1 Å². The number of hydrogen-bond acceptors (Lipinski definition) is 10. The van der Waals surface area contributed by atoms with Crippen LogP contribution in [-0.4, -0.2) is 20.1 Å². The van der Waals surface area contributed by atoms with Gasteiger partial charge >= 0.3 is 0 Å². The first-order valence-corrected chi connectivity index (χ1v) is 40.3. The summed E-state index contributed by atoms with van der Waals surface area (Å²) < 4.78 is 15.5. The summed E-state index contributed by atoms with van der Waals surface area (Å²) in [6.45, 7) is 20.8. The predicted octanol–water partition coefficient (Wildman–Crippen LogP) is 21.5. The normalized spacial score (nSPS) is 12.9. The molecule has 0 fully saturated rings. The maximum absolute atomic E-state index is 11.0. The first kappa shape index (κ1) is 69.6. The third-order valence-electron chi connectivity index (χ3n) is 24.5. The number of para-hydroxylation sites is 7. The van der Waals surface area contributed by atoms with Crippen molar-refractivity contribution in [3.63, 3.8) is 0 Å². The molecule has 0 unspecified atom stereocenters. The molecule has 6 aliphatic heterocycles. The Labute approximate surface area is 688 Å². The number of aryl methyl sites for hydroxylation is 6. The van der Waals surface area contributed by atoms with Gasteiger partial charge in [-0.25, -0.2) is 4.85 Å². The summed E-state index contributed by atoms with van der Waals surface area (Å²) >= 11 is 0. The smallest absolute Gasteiger partial charge is 0.256 e. The third-order valence-corrected chi connectivity index (χ3v) is 24.5. The minimum atomic E-state index is -0.473. The zero-order chi connectivity index (χ0) is 79.3. The number of ether oxygens (including phenoxy) is 2. The SMILES string of the molecule is [C-]#[N+]c1ccc2c(c1)B1c3cc4c(cc3Nc3cc(N(c5ccccc5)c5ccccc5)cc(c31)N2c1ccccc1)N(c1c(C)cc(C)cc1C)c1cc(N(c2ccccc2)c2ccccc2)cc2c1B4c1cc3c(cc1O2)N(c1c(C)cc(C)cc1C)c1cc(N(c2ccccc2)c2ccccc2)cc2c1B3c1cc(C#N)ccc1O2. The molecule has 118 heavy (non-hydrogen) atoms. The van der Waals surface area contributed by atoms with Crippen LogP contribution in [-0.2, 0) is 0 Å². The molecule has 6 aliphatic rings. The van der Waals surface area contributed by atoms with Crippen LogP contribution in [0.5, 0.6) is 23.0 Å². The van der Waals surface area contributed by atoms with Crippen molar-refractivity contribution >= 4 is 189 Å². The van der Waals surface area contributed by atoms with Gasteiger partial charge < -0.3 is 44.2 Å². The average Bonchev–Trinajstić information content (AvgIpc) is 0.684. The van der Waals surface area contributed by atoms with Crippen molar-refractivity contribution in [3.05, 3.63) is 384 Å². The Hall–Kier alpha value is -15.1. The lowest BCUT2D eigenvalue weighted by Gasteiger charge is -2.45. The van der Waals surface area contributed by atoms with Crippen LogP contribution in [0.1, 0.15) is 38.9 Å². The molecule has 556 valence electrons. The fourth-order valence-corrected chi connectivity index (χ4v) is 20.0. The molecule has 0 spiro atoms. The van der Waals surface area contributed by atoms with Crippen molar-refractivity contribution in [3.8, 4) is 29.1 Å². The van der Waals surface area contributed by atoms with Crippen LogP contribution in [0.25, 0.3) is 4.85 Å². The van der Waals surface area contributed by atoms with Crippen molar-refractivity contribution in [1.82, 2.24) is 0 Å². The van der Waals surface area contributed by atoms with Crippen molar-refractivity contribution in [2.75, 3.05) is 34.7 Å². The Morgan fingerprint density at radius 1 is 0.314 bits per heavy atom. The lowest BCUT2D eigenvalue weighted by atomic mass is 9.29. The molecular weight excluding hydrogens is 1440 g/mol. The maximum Gasteiger partial charge on any atom is 0.256 e. The summed E-state index contributed by atoms with van der Waals surface area (Å²) in [4.78, 5) is 18.7. The van der Waals surface area contributed by atoms with Crippen molar-refractivity contribution in [1.29, 1.82) is 5.26 Å². The summed E-state index contributed by atoms with van der Waals surface area (Å²) in [6, 6.07) is 122. The molecule has 0 bridgehead atoms. The molecule has 14 heteroatoms. The Kier molecular flexibility index (Phi) is 16.1. The molecule has 0 aliphatic carbocycles. The number of nitrogens with one attached hydrogen (secondary N) is 1. The minimum Gasteiger partial charge on any atom is -0.458 e. The van der Waals surface area contributed by atoms with E-state index in [0.717, 1.165) is 197 Å². The zero-order valence-corrected chi connectivity index (χ0v) is 65.9. The highest BCUT2D eigenvalue weighted by Crippen LogP contribution is 2.54. The fraction of sp³-hybridized carbons (Fsp3) is 0.0577. The zero-order valence-electron chi connectivity index (χ0n) is 65.9. The number of rotatable bonds is 12. The van der Waals surface area contributed by atoms with Crippen molar-refractivity contribution in [2.24, 2.45) is 0 Å². The van der Waals surface area contributed by atoms with Gasteiger partial charge in [-0.1, -0.05) is 193 Å². The van der Waals surface area contributed by atoms with Crippen molar-refractivity contribution < 1.29 is 9.47 Å². The number of anilines is 20. The monoisotopic (exact) mass is 1510 g/mol. The van der Waals surface area contributed by atoms with Gasteiger partial charge in [-0.2, -0.15) is 5.26 Å². The van der Waals surface area contributed by atoms with E-state index in [-0.39, 0.29) is 6.71 Å². The van der Waals surface area contributed by atoms with E-state index in [1.807, 2.05) is 24.3 Å². The second-order valence-corrected chi connectivity index (χ2v) is 31.8. The molecule has 0 saturated carbocycles. The highest BCUT2D eigenvalue weighted by molar-refractivity contribution is 7.04. The van der Waals surface area contributed by atoms with Crippen molar-refractivity contribution in [2.45, 2.75) is 41.5 Å². The quantitative estimate of drug-likeness (QED) is 0.0944. The van der Waals surface area contributed by atoms with Crippen LogP contribution in [0.2, 0.25) is 0 Å². The molecule has 1 N–H and O–H groups in total. The van der Waals surface area contributed by atoms with Crippen LogP contribution in [0.15, 0.2) is 334 Å². The largest absolute Gasteiger partial charge is 0.458 e. The second kappa shape index (κ2) is 27.3. The molecule has 16 aromatic rings. The summed E-state index contributed by atoms with van der Waals surface area (Å²) in [6.07, 6.45) is 0. The van der Waals surface area contributed by atoms with Gasteiger partial charge in [-0.15, -0.1) is 0 Å². The lowest BCUT2D eigenvalue weighted by molar-refractivity contribution is 0.487. The second-order valence-electron chi connectivity index (χ2n) is 31.8. The van der Waals surface area contributed by atoms with E-state index in [0.29, 0.717) is 22.7 Å². The minimum absolute atomic E-state index is 0.381.